The van der Waals surface area contributed by atoms with E-state index >= 15 is 0 Å². The number of carbonyl (C=O) groups excluding carboxylic acids is 1. The molecule has 0 spiro atoms. The van der Waals surface area contributed by atoms with E-state index in [1.807, 2.05) is 19.1 Å². The molecule has 0 aliphatic heterocycles. The third kappa shape index (κ3) is 6.14. The molecule has 1 unspecified atom stereocenters. The Balaban J connectivity index is 2.65. The van der Waals surface area contributed by atoms with Gasteiger partial charge in [0.2, 0.25) is 5.91 Å². The second-order valence-corrected chi connectivity index (χ2v) is 5.67. The van der Waals surface area contributed by atoms with Gasteiger partial charge in [-0.05, 0) is 37.1 Å². The fourth-order valence-corrected chi connectivity index (χ4v) is 2.10. The van der Waals surface area contributed by atoms with Crippen LogP contribution in [0.1, 0.15) is 20.8 Å². The molecule has 0 saturated carbocycles. The number of hydrogen-bond acceptors (Lipinski definition) is 4. The lowest BCUT2D eigenvalue weighted by Gasteiger charge is -2.29. The average Bonchev–Trinajstić information content (AvgIpc) is 2.44. The Kier molecular flexibility index (Phi) is 7.19. The van der Waals surface area contributed by atoms with Crippen LogP contribution in [0.25, 0.3) is 0 Å². The van der Waals surface area contributed by atoms with Gasteiger partial charge in [-0.25, -0.2) is 0 Å². The largest absolute Gasteiger partial charge is 0.399 e. The molecule has 0 bridgehead atoms. The highest BCUT2D eigenvalue weighted by Gasteiger charge is 2.21. The van der Waals surface area contributed by atoms with Crippen LogP contribution in [-0.4, -0.2) is 43.7 Å². The van der Waals surface area contributed by atoms with Gasteiger partial charge < -0.3 is 15.8 Å². The van der Waals surface area contributed by atoms with Crippen molar-refractivity contribution in [2.75, 3.05) is 37.9 Å². The summed E-state index contributed by atoms with van der Waals surface area (Å²) in [6.45, 7) is 8.43. The second kappa shape index (κ2) is 8.64. The van der Waals surface area contributed by atoms with E-state index in [2.05, 4.69) is 24.1 Å². The van der Waals surface area contributed by atoms with Crippen molar-refractivity contribution in [2.45, 2.75) is 26.8 Å². The summed E-state index contributed by atoms with van der Waals surface area (Å²) in [6, 6.07) is 6.96. The minimum atomic E-state index is -0.208. The number of rotatable bonds is 8. The van der Waals surface area contributed by atoms with E-state index in [9.17, 15) is 4.79 Å². The zero-order valence-corrected chi connectivity index (χ0v) is 13.4. The van der Waals surface area contributed by atoms with Crippen LogP contribution in [0.3, 0.4) is 0 Å². The molecule has 0 aliphatic carbocycles. The van der Waals surface area contributed by atoms with Crippen molar-refractivity contribution in [3.63, 3.8) is 0 Å². The van der Waals surface area contributed by atoms with Gasteiger partial charge in [0.15, 0.2) is 0 Å². The van der Waals surface area contributed by atoms with Gasteiger partial charge in [-0.3, -0.25) is 9.69 Å². The Labute approximate surface area is 127 Å². The van der Waals surface area contributed by atoms with Gasteiger partial charge in [-0.2, -0.15) is 0 Å². The maximum Gasteiger partial charge on any atom is 0.241 e. The molecule has 1 amide bonds. The van der Waals surface area contributed by atoms with Crippen molar-refractivity contribution in [3.05, 3.63) is 24.3 Å². The number of nitrogens with zero attached hydrogens (tertiary/aromatic N) is 1. The fraction of sp³-hybridized carbons (Fsp3) is 0.562. The highest BCUT2D eigenvalue weighted by atomic mass is 16.5. The Bertz CT molecular complexity index is 432. The standard InChI is InChI=1S/C16H27N3O2/c1-12(2)11-19(9-10-21-4)13(3)16(20)18-15-7-5-14(17)6-8-15/h5-8,12-13H,9-11,17H2,1-4H3,(H,18,20). The number of nitrogen functional groups attached to an aromatic ring is 1. The van der Waals surface area contributed by atoms with E-state index in [-0.39, 0.29) is 11.9 Å². The zero-order chi connectivity index (χ0) is 15.8. The molecule has 5 heteroatoms. The topological polar surface area (TPSA) is 67.6 Å². The van der Waals surface area contributed by atoms with Crippen LogP contribution in [-0.2, 0) is 9.53 Å². The molecule has 1 rings (SSSR count). The monoisotopic (exact) mass is 293 g/mol. The van der Waals surface area contributed by atoms with Gasteiger partial charge in [0.1, 0.15) is 0 Å². The van der Waals surface area contributed by atoms with Crippen LogP contribution in [0, 0.1) is 5.92 Å². The number of benzene rings is 1. The summed E-state index contributed by atoms with van der Waals surface area (Å²) in [5, 5.41) is 2.92. The molecule has 1 aromatic rings. The molecule has 0 fully saturated rings. The predicted octanol–water partition coefficient (Wildman–Crippen LogP) is 2.20. The summed E-state index contributed by atoms with van der Waals surface area (Å²) in [4.78, 5) is 14.5. The number of amides is 1. The van der Waals surface area contributed by atoms with Crippen LogP contribution in [0.4, 0.5) is 11.4 Å². The number of nitrogens with two attached hydrogens (primary N) is 1. The van der Waals surface area contributed by atoms with Crippen LogP contribution in [0.15, 0.2) is 24.3 Å². The molecule has 3 N–H and O–H groups in total. The van der Waals surface area contributed by atoms with Crippen molar-refractivity contribution < 1.29 is 9.53 Å². The first-order valence-electron chi connectivity index (χ1n) is 7.33. The van der Waals surface area contributed by atoms with Crippen LogP contribution < -0.4 is 11.1 Å². The van der Waals surface area contributed by atoms with Gasteiger partial charge >= 0.3 is 0 Å². The first-order chi connectivity index (χ1) is 9.93. The van der Waals surface area contributed by atoms with Crippen molar-refractivity contribution in [2.24, 2.45) is 5.92 Å². The van der Waals surface area contributed by atoms with Gasteiger partial charge in [0, 0.05) is 31.6 Å². The molecular formula is C16H27N3O2. The molecule has 21 heavy (non-hydrogen) atoms. The van der Waals surface area contributed by atoms with E-state index < -0.39 is 0 Å². The summed E-state index contributed by atoms with van der Waals surface area (Å²) in [6.07, 6.45) is 0. The lowest BCUT2D eigenvalue weighted by molar-refractivity contribution is -0.121. The minimum absolute atomic E-state index is 0.0171. The van der Waals surface area contributed by atoms with Crippen LogP contribution in [0.2, 0.25) is 0 Å². The van der Waals surface area contributed by atoms with Crippen LogP contribution >= 0.6 is 0 Å². The summed E-state index contributed by atoms with van der Waals surface area (Å²) in [5.74, 6) is 0.477. The molecule has 0 radical (unpaired) electrons. The van der Waals surface area contributed by atoms with Gasteiger partial charge in [-0.1, -0.05) is 13.8 Å². The highest BCUT2D eigenvalue weighted by molar-refractivity contribution is 5.94. The quantitative estimate of drug-likeness (QED) is 0.721. The minimum Gasteiger partial charge on any atom is -0.399 e. The first kappa shape index (κ1) is 17.5. The number of methoxy groups -OCH3 is 1. The molecule has 1 aromatic carbocycles. The SMILES string of the molecule is COCCN(CC(C)C)C(C)C(=O)Nc1ccc(N)cc1. The lowest BCUT2D eigenvalue weighted by Crippen LogP contribution is -2.45. The van der Waals surface area contributed by atoms with Crippen LogP contribution in [0.5, 0.6) is 0 Å². The van der Waals surface area contributed by atoms with E-state index in [1.54, 1.807) is 19.2 Å². The molecule has 118 valence electrons. The molecule has 5 nitrogen and oxygen atoms in total. The first-order valence-corrected chi connectivity index (χ1v) is 7.33. The lowest BCUT2D eigenvalue weighted by atomic mass is 10.1. The summed E-state index contributed by atoms with van der Waals surface area (Å²) < 4.78 is 5.13. The van der Waals surface area contributed by atoms with Gasteiger partial charge in [-0.15, -0.1) is 0 Å². The smallest absolute Gasteiger partial charge is 0.241 e. The van der Waals surface area contributed by atoms with Gasteiger partial charge in [0.05, 0.1) is 12.6 Å². The van der Waals surface area contributed by atoms with Crippen molar-refractivity contribution >= 4 is 17.3 Å². The summed E-state index contributed by atoms with van der Waals surface area (Å²) in [5.41, 5.74) is 7.08. The Morgan fingerprint density at radius 2 is 1.90 bits per heavy atom. The molecule has 0 aromatic heterocycles. The van der Waals surface area contributed by atoms with E-state index in [4.69, 9.17) is 10.5 Å². The Morgan fingerprint density at radius 1 is 1.29 bits per heavy atom. The Morgan fingerprint density at radius 3 is 2.43 bits per heavy atom. The zero-order valence-electron chi connectivity index (χ0n) is 13.4. The molecule has 1 atom stereocenters. The molecule has 0 saturated heterocycles. The number of carbonyl (C=O) groups is 1. The average molecular weight is 293 g/mol. The number of nitrogens with one attached hydrogen (secondary N) is 1. The Hall–Kier alpha value is -1.59. The van der Waals surface area contributed by atoms with Crippen molar-refractivity contribution in [1.82, 2.24) is 4.90 Å². The molecule has 0 aliphatic rings. The summed E-state index contributed by atoms with van der Waals surface area (Å²) in [7, 11) is 1.67. The third-order valence-corrected chi connectivity index (χ3v) is 3.29. The number of hydrogen-bond donors (Lipinski definition) is 2. The summed E-state index contributed by atoms with van der Waals surface area (Å²) >= 11 is 0. The van der Waals surface area contributed by atoms with E-state index in [1.165, 1.54) is 0 Å². The third-order valence-electron chi connectivity index (χ3n) is 3.29. The van der Waals surface area contributed by atoms with Crippen molar-refractivity contribution in [3.8, 4) is 0 Å². The number of ether oxygens (including phenoxy) is 1. The normalized spacial score (nSPS) is 12.7. The fourth-order valence-electron chi connectivity index (χ4n) is 2.10. The second-order valence-electron chi connectivity index (χ2n) is 5.67. The molecular weight excluding hydrogens is 266 g/mol. The maximum absolute atomic E-state index is 12.4. The number of anilines is 2. The van der Waals surface area contributed by atoms with Gasteiger partial charge in [0.25, 0.3) is 0 Å². The molecule has 0 heterocycles. The maximum atomic E-state index is 12.4. The highest BCUT2D eigenvalue weighted by Crippen LogP contribution is 2.12. The predicted molar refractivity (Wildman–Crippen MR) is 87.2 cm³/mol. The van der Waals surface area contributed by atoms with E-state index in [0.29, 0.717) is 18.2 Å². The van der Waals surface area contributed by atoms with E-state index in [0.717, 1.165) is 18.8 Å². The van der Waals surface area contributed by atoms with Crippen molar-refractivity contribution in [1.29, 1.82) is 0 Å².